The van der Waals surface area contributed by atoms with Crippen molar-refractivity contribution in [2.45, 2.75) is 38.0 Å². The second kappa shape index (κ2) is 6.01. The molecule has 0 bridgehead atoms. The van der Waals surface area contributed by atoms with E-state index in [1.54, 1.807) is 0 Å². The normalized spacial score (nSPS) is 22.5. The topological polar surface area (TPSA) is 46.5 Å². The molecule has 2 saturated carbocycles. The molecule has 1 N–H and O–H groups in total. The molecule has 4 rings (SSSR count). The summed E-state index contributed by atoms with van der Waals surface area (Å²) in [6, 6.07) is 14.2. The van der Waals surface area contributed by atoms with E-state index in [9.17, 15) is 9.90 Å². The van der Waals surface area contributed by atoms with Gasteiger partial charge >= 0.3 is 5.97 Å². The van der Waals surface area contributed by atoms with Gasteiger partial charge in [-0.05, 0) is 53.5 Å². The highest BCUT2D eigenvalue weighted by molar-refractivity contribution is 5.73. The quantitative estimate of drug-likeness (QED) is 0.767. The molecular formula is C23H24O3. The molecule has 0 radical (unpaired) electrons. The van der Waals surface area contributed by atoms with Crippen LogP contribution in [0.15, 0.2) is 48.5 Å². The van der Waals surface area contributed by atoms with Gasteiger partial charge in [0.2, 0.25) is 0 Å². The van der Waals surface area contributed by atoms with Crippen molar-refractivity contribution in [1.29, 1.82) is 0 Å². The van der Waals surface area contributed by atoms with E-state index in [0.717, 1.165) is 22.3 Å². The Balaban J connectivity index is 1.54. The predicted molar refractivity (Wildman–Crippen MR) is 103 cm³/mol. The first-order valence-electron chi connectivity index (χ1n) is 9.15. The minimum absolute atomic E-state index is 0.143. The van der Waals surface area contributed by atoms with Crippen LogP contribution < -0.4 is 0 Å². The van der Waals surface area contributed by atoms with E-state index in [1.807, 2.05) is 36.4 Å². The molecule has 3 nitrogen and oxygen atoms in total. The molecule has 0 aromatic heterocycles. The van der Waals surface area contributed by atoms with Crippen LogP contribution in [0.4, 0.5) is 0 Å². The summed E-state index contributed by atoms with van der Waals surface area (Å²) in [5.74, 6) is 0.180. The number of methoxy groups -OCH3 is 1. The van der Waals surface area contributed by atoms with Gasteiger partial charge in [0, 0.05) is 11.0 Å². The summed E-state index contributed by atoms with van der Waals surface area (Å²) < 4.78 is 4.63. The minimum atomic E-state index is -0.239. The molecule has 2 aliphatic rings. The van der Waals surface area contributed by atoms with Crippen molar-refractivity contribution in [2.75, 3.05) is 7.11 Å². The largest absolute Gasteiger partial charge is 0.508 e. The second-order valence-corrected chi connectivity index (χ2v) is 7.83. The van der Waals surface area contributed by atoms with Gasteiger partial charge in [0.1, 0.15) is 5.75 Å². The van der Waals surface area contributed by atoms with Crippen LogP contribution in [0, 0.1) is 5.41 Å². The van der Waals surface area contributed by atoms with Crippen molar-refractivity contribution < 1.29 is 14.6 Å². The lowest BCUT2D eigenvalue weighted by Crippen LogP contribution is -2.05. The van der Waals surface area contributed by atoms with E-state index in [-0.39, 0.29) is 17.8 Å². The number of benzene rings is 2. The highest BCUT2D eigenvalue weighted by atomic mass is 16.5. The SMILES string of the molecule is COC(=O)C/C=C/c1ccc(-c2ccc(O)c(C3(C)CC34CC4)c2)cc1. The third-order valence-corrected chi connectivity index (χ3v) is 6.25. The summed E-state index contributed by atoms with van der Waals surface area (Å²) in [6.45, 7) is 2.29. The Kier molecular flexibility index (Phi) is 3.91. The van der Waals surface area contributed by atoms with E-state index in [2.05, 4.69) is 29.9 Å². The fourth-order valence-corrected chi connectivity index (χ4v) is 4.21. The first-order chi connectivity index (χ1) is 12.5. The molecule has 2 aromatic carbocycles. The zero-order valence-corrected chi connectivity index (χ0v) is 15.3. The van der Waals surface area contributed by atoms with Crippen molar-refractivity contribution >= 4 is 12.0 Å². The van der Waals surface area contributed by atoms with E-state index < -0.39 is 0 Å². The Morgan fingerprint density at radius 3 is 2.46 bits per heavy atom. The number of hydrogen-bond donors (Lipinski definition) is 1. The Morgan fingerprint density at radius 1 is 1.15 bits per heavy atom. The molecule has 0 aliphatic heterocycles. The van der Waals surface area contributed by atoms with Gasteiger partial charge < -0.3 is 9.84 Å². The maximum atomic E-state index is 11.1. The molecule has 2 aromatic rings. The first kappa shape index (κ1) is 16.9. The fraction of sp³-hybridized carbons (Fsp3) is 0.348. The van der Waals surface area contributed by atoms with Gasteiger partial charge in [-0.2, -0.15) is 0 Å². The van der Waals surface area contributed by atoms with Crippen LogP contribution in [0.3, 0.4) is 0 Å². The number of carbonyl (C=O) groups excluding carboxylic acids is 1. The highest BCUT2D eigenvalue weighted by Crippen LogP contribution is 2.79. The van der Waals surface area contributed by atoms with Crippen LogP contribution in [0.1, 0.15) is 43.7 Å². The fourth-order valence-electron chi connectivity index (χ4n) is 4.21. The highest BCUT2D eigenvalue weighted by Gasteiger charge is 2.72. The van der Waals surface area contributed by atoms with E-state index in [1.165, 1.54) is 26.4 Å². The smallest absolute Gasteiger partial charge is 0.309 e. The number of phenolic OH excluding ortho intramolecular Hbond substituents is 1. The molecular weight excluding hydrogens is 324 g/mol. The zero-order valence-electron chi connectivity index (χ0n) is 15.3. The number of aromatic hydroxyl groups is 1. The number of ether oxygens (including phenoxy) is 1. The Morgan fingerprint density at radius 2 is 1.85 bits per heavy atom. The number of hydrogen-bond acceptors (Lipinski definition) is 3. The van der Waals surface area contributed by atoms with Crippen molar-refractivity contribution in [1.82, 2.24) is 0 Å². The van der Waals surface area contributed by atoms with Gasteiger partial charge in [-0.1, -0.05) is 49.4 Å². The molecule has 134 valence electrons. The Bertz CT molecular complexity index is 875. The third kappa shape index (κ3) is 2.82. The number of rotatable bonds is 5. The first-order valence-corrected chi connectivity index (χ1v) is 9.15. The van der Waals surface area contributed by atoms with Crippen molar-refractivity contribution in [2.24, 2.45) is 5.41 Å². The van der Waals surface area contributed by atoms with Gasteiger partial charge in [0.15, 0.2) is 0 Å². The summed E-state index contributed by atoms with van der Waals surface area (Å²) in [5, 5.41) is 10.4. The number of esters is 1. The van der Waals surface area contributed by atoms with E-state index >= 15 is 0 Å². The van der Waals surface area contributed by atoms with Crippen LogP contribution in [-0.2, 0) is 14.9 Å². The molecule has 1 spiro atoms. The molecule has 26 heavy (non-hydrogen) atoms. The van der Waals surface area contributed by atoms with Crippen LogP contribution >= 0.6 is 0 Å². The number of carbonyl (C=O) groups is 1. The molecule has 2 fully saturated rings. The molecule has 3 heteroatoms. The lowest BCUT2D eigenvalue weighted by Gasteiger charge is -2.15. The van der Waals surface area contributed by atoms with E-state index in [0.29, 0.717) is 11.2 Å². The maximum Gasteiger partial charge on any atom is 0.309 e. The van der Waals surface area contributed by atoms with Gasteiger partial charge in [-0.3, -0.25) is 4.79 Å². The predicted octanol–water partition coefficient (Wildman–Crippen LogP) is 5.08. The number of phenols is 1. The molecule has 2 aliphatic carbocycles. The van der Waals surface area contributed by atoms with Crippen LogP contribution in [0.2, 0.25) is 0 Å². The summed E-state index contributed by atoms with van der Waals surface area (Å²) in [5.41, 5.74) is 5.01. The van der Waals surface area contributed by atoms with Gasteiger partial charge in [0.25, 0.3) is 0 Å². The lowest BCUT2D eigenvalue weighted by atomic mass is 9.90. The van der Waals surface area contributed by atoms with Crippen LogP contribution in [0.5, 0.6) is 5.75 Å². The molecule has 0 saturated heterocycles. The second-order valence-electron chi connectivity index (χ2n) is 7.83. The summed E-state index contributed by atoms with van der Waals surface area (Å²) in [6.07, 6.45) is 7.79. The minimum Gasteiger partial charge on any atom is -0.508 e. The summed E-state index contributed by atoms with van der Waals surface area (Å²) in [7, 11) is 1.39. The Labute approximate surface area is 154 Å². The summed E-state index contributed by atoms with van der Waals surface area (Å²) in [4.78, 5) is 11.1. The monoisotopic (exact) mass is 348 g/mol. The molecule has 0 heterocycles. The lowest BCUT2D eigenvalue weighted by molar-refractivity contribution is -0.139. The third-order valence-electron chi connectivity index (χ3n) is 6.25. The van der Waals surface area contributed by atoms with Crippen molar-refractivity contribution in [3.8, 4) is 16.9 Å². The molecule has 0 amide bonds. The summed E-state index contributed by atoms with van der Waals surface area (Å²) >= 11 is 0. The maximum absolute atomic E-state index is 11.1. The van der Waals surface area contributed by atoms with Gasteiger partial charge in [-0.25, -0.2) is 0 Å². The molecule has 1 atom stereocenters. The van der Waals surface area contributed by atoms with Gasteiger partial charge in [0.05, 0.1) is 13.5 Å². The average Bonchev–Trinajstić information content (AvgIpc) is 3.54. The van der Waals surface area contributed by atoms with Crippen LogP contribution in [0.25, 0.3) is 17.2 Å². The van der Waals surface area contributed by atoms with Gasteiger partial charge in [-0.15, -0.1) is 0 Å². The van der Waals surface area contributed by atoms with Crippen molar-refractivity contribution in [3.05, 3.63) is 59.7 Å². The average molecular weight is 348 g/mol. The zero-order chi connectivity index (χ0) is 18.4. The Hall–Kier alpha value is -2.55. The van der Waals surface area contributed by atoms with E-state index in [4.69, 9.17) is 0 Å². The standard InChI is InChI=1S/C23H24O3/c1-22(15-23(22)12-13-23)19-14-18(10-11-20(19)24)17-8-6-16(7-9-17)4-3-5-21(25)26-2/h3-4,6-11,14,24H,5,12-13,15H2,1-2H3/b4-3+. The van der Waals surface area contributed by atoms with Crippen molar-refractivity contribution in [3.63, 3.8) is 0 Å². The van der Waals surface area contributed by atoms with Crippen LogP contribution in [-0.4, -0.2) is 18.2 Å². The molecule has 1 unspecified atom stereocenters.